The highest BCUT2D eigenvalue weighted by atomic mass is 16.5. The van der Waals surface area contributed by atoms with Crippen molar-refractivity contribution in [1.82, 2.24) is 4.98 Å². The Morgan fingerprint density at radius 1 is 1.11 bits per heavy atom. The van der Waals surface area contributed by atoms with E-state index in [0.29, 0.717) is 22.4 Å². The first-order valence-corrected chi connectivity index (χ1v) is 8.81. The first-order valence-electron chi connectivity index (χ1n) is 8.81. The molecular formula is C22H19NO5. The van der Waals surface area contributed by atoms with Gasteiger partial charge in [-0.25, -0.2) is 9.78 Å². The molecule has 0 fully saturated rings. The lowest BCUT2D eigenvalue weighted by molar-refractivity contribution is -0.0354. The molecule has 0 unspecified atom stereocenters. The zero-order valence-corrected chi connectivity index (χ0v) is 15.5. The Balaban J connectivity index is 1.66. The molecule has 0 saturated heterocycles. The van der Waals surface area contributed by atoms with Gasteiger partial charge in [-0.15, -0.1) is 0 Å². The monoisotopic (exact) mass is 377 g/mol. The Kier molecular flexibility index (Phi) is 4.49. The zero-order valence-electron chi connectivity index (χ0n) is 15.5. The first kappa shape index (κ1) is 18.0. The van der Waals surface area contributed by atoms with E-state index in [2.05, 4.69) is 4.98 Å². The lowest BCUT2D eigenvalue weighted by atomic mass is 10.0. The van der Waals surface area contributed by atoms with Crippen LogP contribution in [0.5, 0.6) is 5.75 Å². The summed E-state index contributed by atoms with van der Waals surface area (Å²) in [5, 5.41) is 12.3. The van der Waals surface area contributed by atoms with Crippen LogP contribution in [-0.4, -0.2) is 29.8 Å². The quantitative estimate of drug-likeness (QED) is 0.528. The van der Waals surface area contributed by atoms with Crippen LogP contribution in [0.2, 0.25) is 0 Å². The second-order valence-electron chi connectivity index (χ2n) is 6.71. The third-order valence-electron chi connectivity index (χ3n) is 4.56. The van der Waals surface area contributed by atoms with Gasteiger partial charge in [0.2, 0.25) is 5.71 Å². The van der Waals surface area contributed by atoms with Gasteiger partial charge in [-0.2, -0.15) is 0 Å². The summed E-state index contributed by atoms with van der Waals surface area (Å²) in [4.78, 5) is 16.7. The third-order valence-corrected chi connectivity index (χ3v) is 4.56. The molecule has 2 heterocycles. The van der Waals surface area contributed by atoms with Crippen LogP contribution >= 0.6 is 0 Å². The maximum Gasteiger partial charge on any atom is 0.338 e. The first-order chi connectivity index (χ1) is 13.5. The number of ether oxygens (including phenoxy) is 2. The van der Waals surface area contributed by atoms with E-state index in [4.69, 9.17) is 13.9 Å². The van der Waals surface area contributed by atoms with Gasteiger partial charge in [0.15, 0.2) is 5.60 Å². The molecule has 0 aliphatic rings. The van der Waals surface area contributed by atoms with Crippen LogP contribution in [0.3, 0.4) is 0 Å². The molecule has 0 aliphatic carbocycles. The maximum absolute atomic E-state index is 12.2. The maximum atomic E-state index is 12.2. The third kappa shape index (κ3) is 3.18. The molecule has 0 saturated carbocycles. The number of para-hydroxylation sites is 1. The van der Waals surface area contributed by atoms with Crippen molar-refractivity contribution >= 4 is 28.0 Å². The number of pyridine rings is 1. The number of aliphatic hydroxyl groups is 1. The Morgan fingerprint density at radius 3 is 2.57 bits per heavy atom. The summed E-state index contributed by atoms with van der Waals surface area (Å²) in [6.07, 6.45) is 0. The lowest BCUT2D eigenvalue weighted by Gasteiger charge is -2.20. The van der Waals surface area contributed by atoms with Crippen molar-refractivity contribution < 1.29 is 23.8 Å². The van der Waals surface area contributed by atoms with Crippen LogP contribution in [-0.2, 0) is 10.3 Å². The molecule has 2 aromatic heterocycles. The topological polar surface area (TPSA) is 81.8 Å². The number of hydrogen-bond donors (Lipinski definition) is 1. The van der Waals surface area contributed by atoms with Gasteiger partial charge >= 0.3 is 5.97 Å². The molecule has 0 spiro atoms. The highest BCUT2D eigenvalue weighted by Crippen LogP contribution is 2.37. The van der Waals surface area contributed by atoms with E-state index in [9.17, 15) is 9.90 Å². The predicted molar refractivity (Wildman–Crippen MR) is 104 cm³/mol. The number of hydrogen-bond acceptors (Lipinski definition) is 6. The lowest BCUT2D eigenvalue weighted by Crippen LogP contribution is -2.28. The normalized spacial score (nSPS) is 13.4. The van der Waals surface area contributed by atoms with Crippen LogP contribution in [0.25, 0.3) is 22.0 Å². The molecule has 0 bridgehead atoms. The molecule has 0 aliphatic heterocycles. The minimum atomic E-state index is -1.53. The second-order valence-corrected chi connectivity index (χ2v) is 6.71. The molecule has 28 heavy (non-hydrogen) atoms. The van der Waals surface area contributed by atoms with Crippen LogP contribution in [0.4, 0.5) is 0 Å². The van der Waals surface area contributed by atoms with Crippen molar-refractivity contribution in [2.45, 2.75) is 12.5 Å². The number of nitrogens with zero attached hydrogens (tertiary/aromatic N) is 1. The van der Waals surface area contributed by atoms with Gasteiger partial charge in [0, 0.05) is 5.39 Å². The number of benzene rings is 2. The average Bonchev–Trinajstić information content (AvgIpc) is 3.15. The van der Waals surface area contributed by atoms with Crippen LogP contribution in [0, 0.1) is 0 Å². The number of esters is 1. The number of furan rings is 1. The molecule has 2 aromatic carbocycles. The van der Waals surface area contributed by atoms with E-state index in [0.717, 1.165) is 10.9 Å². The molecule has 142 valence electrons. The van der Waals surface area contributed by atoms with Gasteiger partial charge in [-0.1, -0.05) is 30.3 Å². The van der Waals surface area contributed by atoms with Gasteiger partial charge in [-0.3, -0.25) is 0 Å². The van der Waals surface area contributed by atoms with Gasteiger partial charge in [0.1, 0.15) is 18.1 Å². The van der Waals surface area contributed by atoms with Gasteiger partial charge in [0.05, 0.1) is 23.6 Å². The molecule has 1 atom stereocenters. The van der Waals surface area contributed by atoms with Crippen molar-refractivity contribution in [2.24, 2.45) is 0 Å². The van der Waals surface area contributed by atoms with E-state index in [1.54, 1.807) is 37.4 Å². The standard InChI is InChI=1S/C22H19NO5/c1-22(25,13-27-21(24)14-8-4-3-5-9-14)18-12-16-19(26-2)15-10-6-7-11-17(15)23-20(16)28-18/h3-12,25H,13H2,1-2H3/t22-/m1/s1. The molecular weight excluding hydrogens is 358 g/mol. The SMILES string of the molecule is COc1c2ccccc2nc2oc([C@](C)(O)COC(=O)c3ccccc3)cc12. The summed E-state index contributed by atoms with van der Waals surface area (Å²) in [6, 6.07) is 17.8. The fourth-order valence-corrected chi connectivity index (χ4v) is 3.06. The number of aromatic nitrogens is 1. The van der Waals surface area contributed by atoms with Gasteiger partial charge in [0.25, 0.3) is 0 Å². The van der Waals surface area contributed by atoms with Crippen molar-refractivity contribution in [2.75, 3.05) is 13.7 Å². The minimum absolute atomic E-state index is 0.240. The molecule has 4 aromatic rings. The zero-order chi connectivity index (χ0) is 19.7. The predicted octanol–water partition coefficient (Wildman–Crippen LogP) is 4.05. The highest BCUT2D eigenvalue weighted by Gasteiger charge is 2.31. The molecule has 6 nitrogen and oxygen atoms in total. The molecule has 0 radical (unpaired) electrons. The molecule has 1 N–H and O–H groups in total. The van der Waals surface area contributed by atoms with Crippen LogP contribution < -0.4 is 4.74 Å². The van der Waals surface area contributed by atoms with Gasteiger partial charge < -0.3 is 19.0 Å². The highest BCUT2D eigenvalue weighted by molar-refractivity contribution is 5.99. The van der Waals surface area contributed by atoms with Crippen LogP contribution in [0.15, 0.2) is 65.1 Å². The second kappa shape index (κ2) is 6.98. The number of carbonyl (C=O) groups is 1. The van der Waals surface area contributed by atoms with Crippen molar-refractivity contribution in [3.63, 3.8) is 0 Å². The van der Waals surface area contributed by atoms with Crippen molar-refractivity contribution in [3.8, 4) is 5.75 Å². The van der Waals surface area contributed by atoms with E-state index in [1.165, 1.54) is 6.92 Å². The van der Waals surface area contributed by atoms with E-state index in [-0.39, 0.29) is 12.4 Å². The Hall–Kier alpha value is -3.38. The largest absolute Gasteiger partial charge is 0.495 e. The van der Waals surface area contributed by atoms with E-state index < -0.39 is 11.6 Å². The van der Waals surface area contributed by atoms with Crippen molar-refractivity contribution in [3.05, 3.63) is 72.0 Å². The fourth-order valence-electron chi connectivity index (χ4n) is 3.06. The summed E-state index contributed by atoms with van der Waals surface area (Å²) in [7, 11) is 1.58. The molecule has 6 heteroatoms. The summed E-state index contributed by atoms with van der Waals surface area (Å²) >= 11 is 0. The number of methoxy groups -OCH3 is 1. The molecule has 4 rings (SSSR count). The summed E-state index contributed by atoms with van der Waals surface area (Å²) in [6.45, 7) is 1.26. The molecule has 0 amide bonds. The summed E-state index contributed by atoms with van der Waals surface area (Å²) in [5.41, 5.74) is -0.0388. The Labute approximate surface area is 161 Å². The van der Waals surface area contributed by atoms with Crippen LogP contribution in [0.1, 0.15) is 23.0 Å². The average molecular weight is 377 g/mol. The number of rotatable bonds is 5. The fraction of sp³-hybridized carbons (Fsp3) is 0.182. The van der Waals surface area contributed by atoms with Gasteiger partial charge in [-0.05, 0) is 37.3 Å². The summed E-state index contributed by atoms with van der Waals surface area (Å²) < 4.78 is 16.6. The summed E-state index contributed by atoms with van der Waals surface area (Å²) in [5.74, 6) is 0.343. The smallest absolute Gasteiger partial charge is 0.338 e. The Bertz CT molecular complexity index is 1150. The number of carbonyl (C=O) groups excluding carboxylic acids is 1. The Morgan fingerprint density at radius 2 is 1.82 bits per heavy atom. The van der Waals surface area contributed by atoms with Crippen molar-refractivity contribution in [1.29, 1.82) is 0 Å². The minimum Gasteiger partial charge on any atom is -0.495 e. The van der Waals surface area contributed by atoms with E-state index >= 15 is 0 Å². The number of fused-ring (bicyclic) bond motifs is 2. The van der Waals surface area contributed by atoms with E-state index in [1.807, 2.05) is 30.3 Å².